The van der Waals surface area contributed by atoms with Crippen molar-refractivity contribution >= 4 is 22.9 Å². The van der Waals surface area contributed by atoms with E-state index in [-0.39, 0.29) is 17.7 Å². The molecule has 2 aliphatic rings. The van der Waals surface area contributed by atoms with Gasteiger partial charge >= 0.3 is 0 Å². The lowest BCUT2D eigenvalue weighted by Gasteiger charge is -2.33. The van der Waals surface area contributed by atoms with Crippen molar-refractivity contribution in [1.82, 2.24) is 15.1 Å². The Labute approximate surface area is 106 Å². The molecule has 0 aromatic heterocycles. The highest BCUT2D eigenvalue weighted by molar-refractivity contribution is 8.13. The van der Waals surface area contributed by atoms with Gasteiger partial charge in [-0.25, -0.2) is 0 Å². The van der Waals surface area contributed by atoms with Crippen LogP contribution in [0.15, 0.2) is 0 Å². The first-order chi connectivity index (χ1) is 8.20. The molecular formula is C11H19N3O2S. The summed E-state index contributed by atoms with van der Waals surface area (Å²) in [6.45, 7) is 2.55. The SMILES string of the molecule is CNC1CCCN(C(=O)CN2CCSC2=O)C1. The zero-order valence-electron chi connectivity index (χ0n) is 10.1. The standard InChI is InChI=1S/C11H19N3O2S/c1-12-9-3-2-4-13(7-9)10(15)8-14-5-6-17-11(14)16/h9,12H,2-8H2,1H3. The average Bonchev–Trinajstić information content (AvgIpc) is 2.75. The molecule has 0 radical (unpaired) electrons. The number of likely N-dealkylation sites (N-methyl/N-ethyl adjacent to an activating group) is 1. The first-order valence-corrected chi connectivity index (χ1v) is 7.06. The topological polar surface area (TPSA) is 52.7 Å². The van der Waals surface area contributed by atoms with Crippen molar-refractivity contribution in [3.8, 4) is 0 Å². The van der Waals surface area contributed by atoms with Crippen molar-refractivity contribution < 1.29 is 9.59 Å². The molecule has 1 unspecified atom stereocenters. The number of hydrogen-bond donors (Lipinski definition) is 1. The molecule has 0 bridgehead atoms. The summed E-state index contributed by atoms with van der Waals surface area (Å²) in [5.74, 6) is 0.895. The van der Waals surface area contributed by atoms with Crippen LogP contribution in [0.1, 0.15) is 12.8 Å². The van der Waals surface area contributed by atoms with E-state index in [2.05, 4.69) is 5.32 Å². The molecular weight excluding hydrogens is 238 g/mol. The van der Waals surface area contributed by atoms with Crippen LogP contribution in [0.5, 0.6) is 0 Å². The summed E-state index contributed by atoms with van der Waals surface area (Å²) in [6.07, 6.45) is 2.17. The lowest BCUT2D eigenvalue weighted by molar-refractivity contribution is -0.132. The Morgan fingerprint density at radius 3 is 3.00 bits per heavy atom. The molecule has 0 saturated carbocycles. The van der Waals surface area contributed by atoms with E-state index in [1.165, 1.54) is 11.8 Å². The van der Waals surface area contributed by atoms with Crippen molar-refractivity contribution in [3.63, 3.8) is 0 Å². The monoisotopic (exact) mass is 257 g/mol. The van der Waals surface area contributed by atoms with E-state index >= 15 is 0 Å². The molecule has 1 atom stereocenters. The highest BCUT2D eigenvalue weighted by Gasteiger charge is 2.27. The Bertz CT molecular complexity index is 311. The Balaban J connectivity index is 1.84. The van der Waals surface area contributed by atoms with E-state index < -0.39 is 0 Å². The Hall–Kier alpha value is -0.750. The maximum Gasteiger partial charge on any atom is 0.282 e. The van der Waals surface area contributed by atoms with Gasteiger partial charge in [0.25, 0.3) is 5.24 Å². The lowest BCUT2D eigenvalue weighted by Crippen LogP contribution is -2.49. The number of hydrogen-bond acceptors (Lipinski definition) is 4. The van der Waals surface area contributed by atoms with Crippen LogP contribution in [-0.2, 0) is 4.79 Å². The molecule has 0 aliphatic carbocycles. The zero-order valence-corrected chi connectivity index (χ0v) is 11.0. The molecule has 2 aliphatic heterocycles. The van der Waals surface area contributed by atoms with Crippen molar-refractivity contribution in [1.29, 1.82) is 0 Å². The zero-order chi connectivity index (χ0) is 12.3. The molecule has 0 spiro atoms. The van der Waals surface area contributed by atoms with E-state index in [0.717, 1.165) is 31.7 Å². The Morgan fingerprint density at radius 2 is 2.35 bits per heavy atom. The number of thioether (sulfide) groups is 1. The summed E-state index contributed by atoms with van der Waals surface area (Å²) in [7, 11) is 1.93. The second-order valence-corrected chi connectivity index (χ2v) is 5.55. The van der Waals surface area contributed by atoms with Crippen LogP contribution in [0, 0.1) is 0 Å². The summed E-state index contributed by atoms with van der Waals surface area (Å²) in [5.41, 5.74) is 0. The summed E-state index contributed by atoms with van der Waals surface area (Å²) in [5, 5.41) is 3.25. The second kappa shape index (κ2) is 5.73. The number of amides is 2. The number of nitrogens with one attached hydrogen (secondary N) is 1. The highest BCUT2D eigenvalue weighted by atomic mass is 32.2. The molecule has 1 N–H and O–H groups in total. The number of likely N-dealkylation sites (tertiary alicyclic amines) is 1. The quantitative estimate of drug-likeness (QED) is 0.793. The van der Waals surface area contributed by atoms with E-state index in [0.29, 0.717) is 12.6 Å². The number of carbonyl (C=O) groups is 2. The Morgan fingerprint density at radius 1 is 1.53 bits per heavy atom. The molecule has 17 heavy (non-hydrogen) atoms. The third kappa shape index (κ3) is 3.13. The summed E-state index contributed by atoms with van der Waals surface area (Å²) >= 11 is 1.30. The molecule has 0 aromatic rings. The van der Waals surface area contributed by atoms with Gasteiger partial charge in [-0.1, -0.05) is 11.8 Å². The van der Waals surface area contributed by atoms with E-state index in [9.17, 15) is 9.59 Å². The van der Waals surface area contributed by atoms with Crippen LogP contribution >= 0.6 is 11.8 Å². The highest BCUT2D eigenvalue weighted by Crippen LogP contribution is 2.17. The molecule has 5 nitrogen and oxygen atoms in total. The number of nitrogens with zero attached hydrogens (tertiary/aromatic N) is 2. The van der Waals surface area contributed by atoms with Gasteiger partial charge < -0.3 is 15.1 Å². The Kier molecular flexibility index (Phi) is 4.28. The third-order valence-electron chi connectivity index (χ3n) is 3.35. The fraction of sp³-hybridized carbons (Fsp3) is 0.818. The number of rotatable bonds is 3. The van der Waals surface area contributed by atoms with Crippen molar-refractivity contribution in [3.05, 3.63) is 0 Å². The third-order valence-corrected chi connectivity index (χ3v) is 4.25. The molecule has 0 aromatic carbocycles. The average molecular weight is 257 g/mol. The van der Waals surface area contributed by atoms with Gasteiger partial charge in [0.2, 0.25) is 5.91 Å². The fourth-order valence-corrected chi connectivity index (χ4v) is 3.10. The van der Waals surface area contributed by atoms with Gasteiger partial charge in [0.1, 0.15) is 6.54 Å². The minimum atomic E-state index is 0.0422. The van der Waals surface area contributed by atoms with Crippen molar-refractivity contribution in [2.75, 3.05) is 39.0 Å². The molecule has 2 heterocycles. The minimum Gasteiger partial charge on any atom is -0.340 e. The smallest absolute Gasteiger partial charge is 0.282 e. The molecule has 6 heteroatoms. The van der Waals surface area contributed by atoms with Gasteiger partial charge in [-0.15, -0.1) is 0 Å². The predicted molar refractivity (Wildman–Crippen MR) is 68.1 cm³/mol. The van der Waals surface area contributed by atoms with E-state index in [1.807, 2.05) is 11.9 Å². The minimum absolute atomic E-state index is 0.0422. The first-order valence-electron chi connectivity index (χ1n) is 6.07. The number of piperidine rings is 1. The maximum absolute atomic E-state index is 12.1. The lowest BCUT2D eigenvalue weighted by atomic mass is 10.1. The van der Waals surface area contributed by atoms with Gasteiger partial charge in [0.05, 0.1) is 0 Å². The van der Waals surface area contributed by atoms with Crippen LogP contribution in [-0.4, -0.2) is 66.0 Å². The largest absolute Gasteiger partial charge is 0.340 e. The van der Waals surface area contributed by atoms with Crippen LogP contribution < -0.4 is 5.32 Å². The maximum atomic E-state index is 12.1. The molecule has 2 fully saturated rings. The number of carbonyl (C=O) groups excluding carboxylic acids is 2. The van der Waals surface area contributed by atoms with Crippen LogP contribution in [0.25, 0.3) is 0 Å². The molecule has 96 valence electrons. The van der Waals surface area contributed by atoms with Crippen LogP contribution in [0.4, 0.5) is 4.79 Å². The summed E-state index contributed by atoms with van der Waals surface area (Å²) in [4.78, 5) is 27.0. The van der Waals surface area contributed by atoms with Crippen molar-refractivity contribution in [2.24, 2.45) is 0 Å². The van der Waals surface area contributed by atoms with Gasteiger partial charge in [0, 0.05) is 31.4 Å². The van der Waals surface area contributed by atoms with Gasteiger partial charge in [-0.3, -0.25) is 9.59 Å². The normalized spacial score (nSPS) is 25.5. The van der Waals surface area contributed by atoms with Crippen molar-refractivity contribution in [2.45, 2.75) is 18.9 Å². The summed E-state index contributed by atoms with van der Waals surface area (Å²) < 4.78 is 0. The summed E-state index contributed by atoms with van der Waals surface area (Å²) in [6, 6.07) is 0.399. The molecule has 2 amide bonds. The molecule has 2 rings (SSSR count). The van der Waals surface area contributed by atoms with E-state index in [1.54, 1.807) is 4.90 Å². The van der Waals surface area contributed by atoms with Gasteiger partial charge in [-0.05, 0) is 19.9 Å². The van der Waals surface area contributed by atoms with Crippen LogP contribution in [0.3, 0.4) is 0 Å². The van der Waals surface area contributed by atoms with Gasteiger partial charge in [0.15, 0.2) is 0 Å². The first kappa shape index (κ1) is 12.7. The predicted octanol–water partition coefficient (Wildman–Crippen LogP) is 0.366. The van der Waals surface area contributed by atoms with Gasteiger partial charge in [-0.2, -0.15) is 0 Å². The molecule has 2 saturated heterocycles. The fourth-order valence-electron chi connectivity index (χ4n) is 2.27. The second-order valence-electron chi connectivity index (χ2n) is 4.50. The van der Waals surface area contributed by atoms with Crippen LogP contribution in [0.2, 0.25) is 0 Å². The van der Waals surface area contributed by atoms with E-state index in [4.69, 9.17) is 0 Å².